The Morgan fingerprint density at radius 1 is 1.10 bits per heavy atom. The van der Waals surface area contributed by atoms with Crippen LogP contribution in [0.15, 0.2) is 36.7 Å². The molecule has 0 saturated carbocycles. The number of halogens is 1. The zero-order valence-electron chi connectivity index (χ0n) is 11.6. The summed E-state index contributed by atoms with van der Waals surface area (Å²) < 4.78 is 1.87. The van der Waals surface area contributed by atoms with Crippen LogP contribution in [0.3, 0.4) is 0 Å². The quantitative estimate of drug-likeness (QED) is 0.684. The fourth-order valence-electron chi connectivity index (χ4n) is 2.31. The molecule has 3 aromatic rings. The molecular formula is C15H15ClN4. The van der Waals surface area contributed by atoms with Crippen molar-refractivity contribution in [2.75, 3.05) is 0 Å². The van der Waals surface area contributed by atoms with Crippen molar-refractivity contribution in [1.29, 1.82) is 0 Å². The maximum atomic E-state index is 6.05. The van der Waals surface area contributed by atoms with Crippen molar-refractivity contribution in [1.82, 2.24) is 19.6 Å². The second-order valence-corrected chi connectivity index (χ2v) is 6.09. The van der Waals surface area contributed by atoms with Gasteiger partial charge in [0.25, 0.3) is 0 Å². The second-order valence-electron chi connectivity index (χ2n) is 5.73. The predicted octanol–water partition coefficient (Wildman–Crippen LogP) is 3.74. The molecule has 2 aromatic heterocycles. The number of hydrogen-bond acceptors (Lipinski definition) is 3. The Balaban J connectivity index is 2.30. The van der Waals surface area contributed by atoms with Gasteiger partial charge in [0.05, 0.1) is 0 Å². The highest BCUT2D eigenvalue weighted by Crippen LogP contribution is 2.32. The fraction of sp³-hybridized carbons (Fsp3) is 0.267. The van der Waals surface area contributed by atoms with E-state index in [0.29, 0.717) is 10.8 Å². The third kappa shape index (κ3) is 2.06. The van der Waals surface area contributed by atoms with E-state index in [9.17, 15) is 0 Å². The first-order valence-electron chi connectivity index (χ1n) is 6.43. The van der Waals surface area contributed by atoms with Crippen LogP contribution in [0.4, 0.5) is 0 Å². The summed E-state index contributed by atoms with van der Waals surface area (Å²) in [7, 11) is 0. The third-order valence-electron chi connectivity index (χ3n) is 3.26. The highest BCUT2D eigenvalue weighted by molar-refractivity contribution is 6.32. The number of rotatable bonds is 1. The van der Waals surface area contributed by atoms with Crippen molar-refractivity contribution in [3.05, 3.63) is 47.4 Å². The molecule has 1 aromatic carbocycles. The van der Waals surface area contributed by atoms with Crippen LogP contribution in [0.2, 0.25) is 5.15 Å². The van der Waals surface area contributed by atoms with Crippen LogP contribution in [-0.4, -0.2) is 19.6 Å². The van der Waals surface area contributed by atoms with E-state index < -0.39 is 0 Å². The minimum Gasteiger partial charge on any atom is -0.278 e. The Morgan fingerprint density at radius 3 is 2.60 bits per heavy atom. The normalized spacial score (nSPS) is 12.0. The molecule has 0 saturated heterocycles. The van der Waals surface area contributed by atoms with Crippen molar-refractivity contribution in [2.45, 2.75) is 26.2 Å². The lowest BCUT2D eigenvalue weighted by molar-refractivity contribution is 0.591. The molecule has 0 radical (unpaired) electrons. The molecule has 0 fully saturated rings. The molecular weight excluding hydrogens is 272 g/mol. The van der Waals surface area contributed by atoms with Gasteiger partial charge in [-0.25, -0.2) is 4.98 Å². The molecule has 0 aliphatic carbocycles. The Labute approximate surface area is 122 Å². The summed E-state index contributed by atoms with van der Waals surface area (Å²) in [5, 5.41) is 8.79. The maximum absolute atomic E-state index is 6.05. The molecule has 0 aliphatic heterocycles. The monoisotopic (exact) mass is 286 g/mol. The summed E-state index contributed by atoms with van der Waals surface area (Å²) in [6, 6.07) is 8.24. The Morgan fingerprint density at radius 2 is 1.85 bits per heavy atom. The molecule has 0 spiro atoms. The van der Waals surface area contributed by atoms with Gasteiger partial charge < -0.3 is 0 Å². The standard InChI is InChI=1S/C15H15ClN4/c1-15(2,3)11-7-5-4-6-10(11)13-18-19-14-12(16)17-8-9-20(13)14/h4-9H,1-3H3. The summed E-state index contributed by atoms with van der Waals surface area (Å²) in [5.41, 5.74) is 2.89. The molecule has 0 N–H and O–H groups in total. The summed E-state index contributed by atoms with van der Waals surface area (Å²) >= 11 is 6.05. The lowest BCUT2D eigenvalue weighted by atomic mass is 9.83. The van der Waals surface area contributed by atoms with E-state index in [-0.39, 0.29) is 5.41 Å². The minimum absolute atomic E-state index is 0.0270. The van der Waals surface area contributed by atoms with Gasteiger partial charge in [-0.1, -0.05) is 56.6 Å². The topological polar surface area (TPSA) is 43.1 Å². The minimum atomic E-state index is 0.0270. The molecule has 3 rings (SSSR count). The van der Waals surface area contributed by atoms with E-state index in [0.717, 1.165) is 11.4 Å². The van der Waals surface area contributed by atoms with Crippen LogP contribution >= 0.6 is 11.6 Å². The second kappa shape index (κ2) is 4.56. The van der Waals surface area contributed by atoms with Crippen LogP contribution in [0.1, 0.15) is 26.3 Å². The molecule has 0 aliphatic rings. The average molecular weight is 287 g/mol. The van der Waals surface area contributed by atoms with Crippen molar-refractivity contribution >= 4 is 17.2 Å². The van der Waals surface area contributed by atoms with Gasteiger partial charge in [-0.3, -0.25) is 4.40 Å². The first-order chi connectivity index (χ1) is 9.48. The highest BCUT2D eigenvalue weighted by atomic mass is 35.5. The summed E-state index contributed by atoms with van der Waals surface area (Å²) in [5.74, 6) is 0.787. The van der Waals surface area contributed by atoms with Gasteiger partial charge in [0.1, 0.15) is 0 Å². The zero-order valence-corrected chi connectivity index (χ0v) is 12.4. The Hall–Kier alpha value is -1.94. The van der Waals surface area contributed by atoms with E-state index in [1.807, 2.05) is 22.7 Å². The number of nitrogens with zero attached hydrogens (tertiary/aromatic N) is 4. The van der Waals surface area contributed by atoms with Crippen LogP contribution in [0.25, 0.3) is 17.0 Å². The highest BCUT2D eigenvalue weighted by Gasteiger charge is 2.21. The van der Waals surface area contributed by atoms with Gasteiger partial charge in [-0.2, -0.15) is 0 Å². The van der Waals surface area contributed by atoms with Gasteiger partial charge in [0, 0.05) is 18.0 Å². The van der Waals surface area contributed by atoms with Gasteiger partial charge in [-0.05, 0) is 11.0 Å². The largest absolute Gasteiger partial charge is 0.278 e. The van der Waals surface area contributed by atoms with Crippen LogP contribution in [0, 0.1) is 0 Å². The van der Waals surface area contributed by atoms with Crippen molar-refractivity contribution in [3.63, 3.8) is 0 Å². The Kier molecular flexibility index (Phi) is 2.98. The van der Waals surface area contributed by atoms with Crippen LogP contribution in [-0.2, 0) is 5.41 Å². The van der Waals surface area contributed by atoms with E-state index in [2.05, 4.69) is 48.1 Å². The number of benzene rings is 1. The molecule has 2 heterocycles. The van der Waals surface area contributed by atoms with Gasteiger partial charge >= 0.3 is 0 Å². The number of fused-ring (bicyclic) bond motifs is 1. The molecule has 0 amide bonds. The van der Waals surface area contributed by atoms with Crippen molar-refractivity contribution in [2.24, 2.45) is 0 Å². The molecule has 0 unspecified atom stereocenters. The molecule has 0 atom stereocenters. The van der Waals surface area contributed by atoms with Gasteiger partial charge in [-0.15, -0.1) is 10.2 Å². The first-order valence-corrected chi connectivity index (χ1v) is 6.81. The first kappa shape index (κ1) is 13.1. The molecule has 5 heteroatoms. The zero-order chi connectivity index (χ0) is 14.3. The third-order valence-corrected chi connectivity index (χ3v) is 3.53. The number of hydrogen-bond donors (Lipinski definition) is 0. The van der Waals surface area contributed by atoms with Gasteiger partial charge in [0.15, 0.2) is 16.6 Å². The summed E-state index contributed by atoms with van der Waals surface area (Å²) in [6.07, 6.45) is 3.48. The lowest BCUT2D eigenvalue weighted by Gasteiger charge is -2.22. The van der Waals surface area contributed by atoms with Crippen molar-refractivity contribution < 1.29 is 0 Å². The van der Waals surface area contributed by atoms with E-state index in [1.165, 1.54) is 5.56 Å². The van der Waals surface area contributed by atoms with Gasteiger partial charge in [0.2, 0.25) is 0 Å². The summed E-state index contributed by atoms with van der Waals surface area (Å²) in [6.45, 7) is 6.55. The molecule has 0 bridgehead atoms. The van der Waals surface area contributed by atoms with E-state index in [4.69, 9.17) is 11.6 Å². The van der Waals surface area contributed by atoms with E-state index in [1.54, 1.807) is 6.20 Å². The van der Waals surface area contributed by atoms with Crippen LogP contribution < -0.4 is 0 Å². The predicted molar refractivity (Wildman–Crippen MR) is 79.9 cm³/mol. The summed E-state index contributed by atoms with van der Waals surface area (Å²) in [4.78, 5) is 4.03. The van der Waals surface area contributed by atoms with Crippen molar-refractivity contribution in [3.8, 4) is 11.4 Å². The smallest absolute Gasteiger partial charge is 0.198 e. The average Bonchev–Trinajstić information content (AvgIpc) is 2.83. The molecule has 20 heavy (non-hydrogen) atoms. The lowest BCUT2D eigenvalue weighted by Crippen LogP contribution is -2.13. The number of aromatic nitrogens is 4. The molecule has 4 nitrogen and oxygen atoms in total. The Bertz CT molecular complexity index is 771. The molecule has 102 valence electrons. The SMILES string of the molecule is CC(C)(C)c1ccccc1-c1nnc2c(Cl)nccn12. The van der Waals surface area contributed by atoms with Crippen LogP contribution in [0.5, 0.6) is 0 Å². The fourth-order valence-corrected chi connectivity index (χ4v) is 2.50. The maximum Gasteiger partial charge on any atom is 0.198 e. The van der Waals surface area contributed by atoms with E-state index >= 15 is 0 Å².